The zero-order valence-corrected chi connectivity index (χ0v) is 15.9. The summed E-state index contributed by atoms with van der Waals surface area (Å²) in [6.07, 6.45) is 6.31. The number of unbranched alkanes of at least 4 members (excludes halogenated alkanes) is 1. The van der Waals surface area contributed by atoms with Crippen molar-refractivity contribution in [1.82, 2.24) is 0 Å². The van der Waals surface area contributed by atoms with E-state index in [9.17, 15) is 5.11 Å². The van der Waals surface area contributed by atoms with Crippen molar-refractivity contribution in [3.8, 4) is 11.5 Å². The molecule has 4 aliphatic rings. The lowest BCUT2D eigenvalue weighted by atomic mass is 9.44. The summed E-state index contributed by atoms with van der Waals surface area (Å²) in [4.78, 5) is 0. The van der Waals surface area contributed by atoms with Crippen molar-refractivity contribution in [1.29, 1.82) is 0 Å². The zero-order chi connectivity index (χ0) is 17.3. The van der Waals surface area contributed by atoms with Gasteiger partial charge in [-0.3, -0.25) is 0 Å². The van der Waals surface area contributed by atoms with E-state index in [1.807, 2.05) is 6.07 Å². The van der Waals surface area contributed by atoms with Gasteiger partial charge in [0, 0.05) is 11.5 Å². The van der Waals surface area contributed by atoms with Crippen LogP contribution in [0.3, 0.4) is 0 Å². The van der Waals surface area contributed by atoms with Crippen LogP contribution in [0.15, 0.2) is 12.1 Å². The SMILES string of the molecule is CCCCC(C)(C)c1cc(O)c2c(c1)O[C@@H]1C[C@H]3C[C@@H]([C@H]21)C3(C)C. The first-order valence-corrected chi connectivity index (χ1v) is 9.79. The fourth-order valence-electron chi connectivity index (χ4n) is 5.62. The Morgan fingerprint density at radius 3 is 2.67 bits per heavy atom. The molecule has 3 fully saturated rings. The highest BCUT2D eigenvalue weighted by molar-refractivity contribution is 5.55. The quantitative estimate of drug-likeness (QED) is 0.760. The molecule has 1 heterocycles. The summed E-state index contributed by atoms with van der Waals surface area (Å²) in [6.45, 7) is 11.6. The Morgan fingerprint density at radius 1 is 1.25 bits per heavy atom. The Kier molecular flexibility index (Phi) is 3.50. The van der Waals surface area contributed by atoms with Gasteiger partial charge in [0.05, 0.1) is 0 Å². The fraction of sp³-hybridized carbons (Fsp3) is 0.727. The molecular formula is C22H32O2. The van der Waals surface area contributed by atoms with Gasteiger partial charge in [-0.15, -0.1) is 0 Å². The lowest BCUT2D eigenvalue weighted by Gasteiger charge is -2.60. The minimum atomic E-state index is 0.0844. The normalized spacial score (nSPS) is 32.5. The Bertz CT molecular complexity index is 658. The van der Waals surface area contributed by atoms with Crippen LogP contribution < -0.4 is 4.74 Å². The van der Waals surface area contributed by atoms with Gasteiger partial charge in [0.25, 0.3) is 0 Å². The molecule has 0 aromatic heterocycles. The summed E-state index contributed by atoms with van der Waals surface area (Å²) in [6, 6.07) is 4.26. The minimum Gasteiger partial charge on any atom is -0.508 e. The van der Waals surface area contributed by atoms with Gasteiger partial charge < -0.3 is 9.84 Å². The summed E-state index contributed by atoms with van der Waals surface area (Å²) in [5.41, 5.74) is 2.81. The largest absolute Gasteiger partial charge is 0.508 e. The van der Waals surface area contributed by atoms with Crippen LogP contribution in [0.4, 0.5) is 0 Å². The summed E-state index contributed by atoms with van der Waals surface area (Å²) in [5, 5.41) is 10.9. The van der Waals surface area contributed by atoms with Crippen LogP contribution in [-0.4, -0.2) is 11.2 Å². The summed E-state index contributed by atoms with van der Waals surface area (Å²) < 4.78 is 6.37. The number of hydrogen-bond acceptors (Lipinski definition) is 2. The molecular weight excluding hydrogens is 296 g/mol. The highest BCUT2D eigenvalue weighted by Gasteiger charge is 2.61. The average Bonchev–Trinajstić information content (AvgIpc) is 2.91. The third kappa shape index (κ3) is 2.14. The van der Waals surface area contributed by atoms with Crippen LogP contribution in [0.1, 0.15) is 83.8 Å². The van der Waals surface area contributed by atoms with Crippen molar-refractivity contribution >= 4 is 0 Å². The van der Waals surface area contributed by atoms with E-state index in [-0.39, 0.29) is 11.5 Å². The van der Waals surface area contributed by atoms with E-state index in [1.54, 1.807) is 0 Å². The molecule has 3 saturated carbocycles. The van der Waals surface area contributed by atoms with E-state index in [1.165, 1.54) is 24.8 Å². The standard InChI is InChI=1S/C22H32O2/c1-6-7-8-21(2,3)13-10-16(23)20-18(11-13)24-17-12-14-9-15(19(17)20)22(14,4)5/h10-11,14-15,17,19,23H,6-9,12H2,1-5H3/t14-,15+,17-,19+/m1/s1. The molecule has 0 spiro atoms. The maximum absolute atomic E-state index is 10.9. The Labute approximate surface area is 146 Å². The number of hydrogen-bond donors (Lipinski definition) is 1. The zero-order valence-electron chi connectivity index (χ0n) is 15.9. The second-order valence-electron chi connectivity index (χ2n) is 9.67. The van der Waals surface area contributed by atoms with Crippen molar-refractivity contribution in [3.05, 3.63) is 23.3 Å². The molecule has 2 nitrogen and oxygen atoms in total. The van der Waals surface area contributed by atoms with Gasteiger partial charge in [0.2, 0.25) is 0 Å². The lowest BCUT2D eigenvalue weighted by Crippen LogP contribution is -2.56. The number of fused-ring (bicyclic) bond motifs is 1. The van der Waals surface area contributed by atoms with Gasteiger partial charge in [0.1, 0.15) is 17.6 Å². The molecule has 1 aromatic carbocycles. The van der Waals surface area contributed by atoms with E-state index in [4.69, 9.17) is 4.74 Å². The van der Waals surface area contributed by atoms with Crippen molar-refractivity contribution in [2.45, 2.75) is 84.2 Å². The number of phenols is 1. The highest BCUT2D eigenvalue weighted by Crippen LogP contribution is 2.68. The van der Waals surface area contributed by atoms with Crippen molar-refractivity contribution in [2.24, 2.45) is 17.3 Å². The molecule has 1 N–H and O–H groups in total. The van der Waals surface area contributed by atoms with Crippen LogP contribution in [-0.2, 0) is 5.41 Å². The van der Waals surface area contributed by atoms with Gasteiger partial charge >= 0.3 is 0 Å². The molecule has 132 valence electrons. The van der Waals surface area contributed by atoms with E-state index in [0.717, 1.165) is 30.1 Å². The molecule has 0 unspecified atom stereocenters. The molecule has 0 amide bonds. The first kappa shape index (κ1) is 16.3. The van der Waals surface area contributed by atoms with Gasteiger partial charge in [-0.05, 0) is 59.6 Å². The first-order valence-electron chi connectivity index (χ1n) is 9.79. The van der Waals surface area contributed by atoms with Crippen LogP contribution in [0, 0.1) is 17.3 Å². The van der Waals surface area contributed by atoms with Gasteiger partial charge in [-0.2, -0.15) is 0 Å². The van der Waals surface area contributed by atoms with E-state index in [2.05, 4.69) is 40.7 Å². The van der Waals surface area contributed by atoms with Crippen LogP contribution >= 0.6 is 0 Å². The van der Waals surface area contributed by atoms with Crippen LogP contribution in [0.2, 0.25) is 0 Å². The third-order valence-electron chi connectivity index (χ3n) is 7.57. The van der Waals surface area contributed by atoms with Crippen molar-refractivity contribution in [2.75, 3.05) is 0 Å². The predicted octanol–water partition coefficient (Wildman–Crippen LogP) is 5.77. The van der Waals surface area contributed by atoms with E-state index < -0.39 is 0 Å². The van der Waals surface area contributed by atoms with Crippen molar-refractivity contribution < 1.29 is 9.84 Å². The Morgan fingerprint density at radius 2 is 2.00 bits per heavy atom. The molecule has 3 aliphatic carbocycles. The maximum Gasteiger partial charge on any atom is 0.127 e. The smallest absolute Gasteiger partial charge is 0.127 e. The van der Waals surface area contributed by atoms with E-state index in [0.29, 0.717) is 23.0 Å². The molecule has 5 rings (SSSR count). The number of benzene rings is 1. The third-order valence-corrected chi connectivity index (χ3v) is 7.57. The lowest BCUT2D eigenvalue weighted by molar-refractivity contribution is -0.116. The fourth-order valence-corrected chi connectivity index (χ4v) is 5.62. The van der Waals surface area contributed by atoms with Crippen molar-refractivity contribution in [3.63, 3.8) is 0 Å². The Hall–Kier alpha value is -1.18. The summed E-state index contributed by atoms with van der Waals surface area (Å²) >= 11 is 0. The first-order chi connectivity index (χ1) is 11.3. The Balaban J connectivity index is 1.69. The molecule has 0 saturated heterocycles. The molecule has 24 heavy (non-hydrogen) atoms. The van der Waals surface area contributed by atoms with Crippen LogP contribution in [0.25, 0.3) is 0 Å². The topological polar surface area (TPSA) is 29.5 Å². The maximum atomic E-state index is 10.9. The second-order valence-corrected chi connectivity index (χ2v) is 9.67. The molecule has 4 atom stereocenters. The minimum absolute atomic E-state index is 0.0844. The number of ether oxygens (including phenoxy) is 1. The molecule has 2 heteroatoms. The van der Waals surface area contributed by atoms with Crippen LogP contribution in [0.5, 0.6) is 11.5 Å². The molecule has 1 aliphatic heterocycles. The van der Waals surface area contributed by atoms with Gasteiger partial charge in [-0.25, -0.2) is 0 Å². The molecule has 2 bridgehead atoms. The molecule has 1 aromatic rings. The van der Waals surface area contributed by atoms with E-state index >= 15 is 0 Å². The second kappa shape index (κ2) is 5.16. The predicted molar refractivity (Wildman–Crippen MR) is 97.8 cm³/mol. The number of rotatable bonds is 4. The van der Waals surface area contributed by atoms with Gasteiger partial charge in [-0.1, -0.05) is 47.5 Å². The summed E-state index contributed by atoms with van der Waals surface area (Å²) in [7, 11) is 0. The monoisotopic (exact) mass is 328 g/mol. The molecule has 0 radical (unpaired) electrons. The number of phenolic OH excluding ortho intramolecular Hbond substituents is 1. The highest BCUT2D eigenvalue weighted by atomic mass is 16.5. The number of aromatic hydroxyl groups is 1. The van der Waals surface area contributed by atoms with Gasteiger partial charge in [0.15, 0.2) is 0 Å². The summed E-state index contributed by atoms with van der Waals surface area (Å²) in [5.74, 6) is 3.29. The average molecular weight is 328 g/mol.